The lowest BCUT2D eigenvalue weighted by molar-refractivity contribution is -0.126. The van der Waals surface area contributed by atoms with E-state index in [2.05, 4.69) is 10.1 Å². The first-order valence-corrected chi connectivity index (χ1v) is 7.57. The van der Waals surface area contributed by atoms with Crippen molar-refractivity contribution in [1.82, 2.24) is 5.32 Å². The van der Waals surface area contributed by atoms with Gasteiger partial charge in [0.2, 0.25) is 5.91 Å². The lowest BCUT2D eigenvalue weighted by Gasteiger charge is -2.27. The molecule has 0 heterocycles. The van der Waals surface area contributed by atoms with E-state index in [4.69, 9.17) is 5.73 Å². The van der Waals surface area contributed by atoms with Crippen LogP contribution >= 0.6 is 12.4 Å². The third-order valence-electron chi connectivity index (χ3n) is 4.05. The van der Waals surface area contributed by atoms with Crippen molar-refractivity contribution in [2.24, 2.45) is 11.7 Å². The molecule has 1 aliphatic carbocycles. The molecule has 1 aromatic rings. The van der Waals surface area contributed by atoms with Gasteiger partial charge >= 0.3 is 6.61 Å². The molecule has 7 heteroatoms. The minimum Gasteiger partial charge on any atom is -0.434 e. The second kappa shape index (κ2) is 9.03. The average Bonchev–Trinajstić information content (AvgIpc) is 2.47. The number of hydrogen-bond donors (Lipinski definition) is 2. The highest BCUT2D eigenvalue weighted by Crippen LogP contribution is 2.28. The molecule has 0 saturated heterocycles. The van der Waals surface area contributed by atoms with Gasteiger partial charge in [-0.1, -0.05) is 24.6 Å². The zero-order valence-electron chi connectivity index (χ0n) is 13.0. The molecule has 1 saturated carbocycles. The highest BCUT2D eigenvalue weighted by molar-refractivity contribution is 5.85. The number of nitrogens with two attached hydrogens (primary N) is 1. The number of hydrogen-bond acceptors (Lipinski definition) is 3. The van der Waals surface area contributed by atoms with E-state index in [1.54, 1.807) is 25.1 Å². The van der Waals surface area contributed by atoms with Gasteiger partial charge in [0.05, 0.1) is 6.04 Å². The first-order chi connectivity index (χ1) is 10.5. The van der Waals surface area contributed by atoms with Crippen LogP contribution in [-0.2, 0) is 4.79 Å². The first-order valence-electron chi connectivity index (χ1n) is 7.57. The van der Waals surface area contributed by atoms with Crippen LogP contribution in [0.4, 0.5) is 8.78 Å². The number of halogens is 3. The Labute approximate surface area is 141 Å². The Kier molecular flexibility index (Phi) is 7.72. The fourth-order valence-electron chi connectivity index (χ4n) is 2.92. The number of ether oxygens (including phenoxy) is 1. The molecule has 2 rings (SSSR count). The van der Waals surface area contributed by atoms with Gasteiger partial charge in [-0.05, 0) is 32.3 Å². The summed E-state index contributed by atoms with van der Waals surface area (Å²) in [5.74, 6) is -0.0884. The van der Waals surface area contributed by atoms with Gasteiger partial charge in [0.15, 0.2) is 0 Å². The Bertz CT molecular complexity index is 517. The Morgan fingerprint density at radius 1 is 1.35 bits per heavy atom. The average molecular weight is 349 g/mol. The molecule has 0 aromatic heterocycles. The molecule has 1 aromatic carbocycles. The molecule has 1 aliphatic rings. The molecule has 130 valence electrons. The van der Waals surface area contributed by atoms with Crippen LogP contribution in [0, 0.1) is 5.92 Å². The molecular formula is C16H23ClF2N2O2. The monoisotopic (exact) mass is 348 g/mol. The van der Waals surface area contributed by atoms with E-state index in [1.807, 2.05) is 0 Å². The minimum absolute atomic E-state index is 0. The van der Waals surface area contributed by atoms with Crippen molar-refractivity contribution < 1.29 is 18.3 Å². The number of para-hydroxylation sites is 1. The van der Waals surface area contributed by atoms with E-state index in [1.165, 1.54) is 6.07 Å². The molecule has 23 heavy (non-hydrogen) atoms. The third kappa shape index (κ3) is 5.62. The highest BCUT2D eigenvalue weighted by Gasteiger charge is 2.27. The molecule has 3 unspecified atom stereocenters. The quantitative estimate of drug-likeness (QED) is 0.857. The van der Waals surface area contributed by atoms with Gasteiger partial charge in [0.1, 0.15) is 5.75 Å². The van der Waals surface area contributed by atoms with E-state index >= 15 is 0 Å². The fourth-order valence-corrected chi connectivity index (χ4v) is 2.92. The molecule has 1 amide bonds. The van der Waals surface area contributed by atoms with Crippen LogP contribution in [0.3, 0.4) is 0 Å². The molecule has 3 atom stereocenters. The van der Waals surface area contributed by atoms with Crippen LogP contribution in [0.25, 0.3) is 0 Å². The van der Waals surface area contributed by atoms with Crippen molar-refractivity contribution in [3.8, 4) is 5.75 Å². The van der Waals surface area contributed by atoms with Crippen molar-refractivity contribution in [1.29, 1.82) is 0 Å². The van der Waals surface area contributed by atoms with Crippen molar-refractivity contribution in [2.45, 2.75) is 51.3 Å². The lowest BCUT2D eigenvalue weighted by atomic mass is 9.85. The van der Waals surface area contributed by atoms with E-state index in [9.17, 15) is 13.6 Å². The number of rotatable bonds is 5. The molecule has 4 nitrogen and oxygen atoms in total. The Hall–Kier alpha value is -1.40. The SMILES string of the molecule is CC(NC(=O)C1CCCC(N)C1)c1ccccc1OC(F)F.Cl. The summed E-state index contributed by atoms with van der Waals surface area (Å²) in [6.45, 7) is -1.13. The largest absolute Gasteiger partial charge is 0.434 e. The maximum Gasteiger partial charge on any atom is 0.387 e. The van der Waals surface area contributed by atoms with Crippen LogP contribution < -0.4 is 15.8 Å². The van der Waals surface area contributed by atoms with Crippen molar-refractivity contribution >= 4 is 18.3 Å². The maximum absolute atomic E-state index is 12.4. The summed E-state index contributed by atoms with van der Waals surface area (Å²) in [5, 5.41) is 2.88. The van der Waals surface area contributed by atoms with Gasteiger partial charge in [-0.15, -0.1) is 12.4 Å². The number of nitrogens with one attached hydrogen (secondary N) is 1. The zero-order valence-corrected chi connectivity index (χ0v) is 13.8. The lowest BCUT2D eigenvalue weighted by Crippen LogP contribution is -2.38. The second-order valence-electron chi connectivity index (χ2n) is 5.77. The fraction of sp³-hybridized carbons (Fsp3) is 0.562. The Balaban J connectivity index is 0.00000264. The van der Waals surface area contributed by atoms with Gasteiger partial charge in [-0.3, -0.25) is 4.79 Å². The molecule has 0 radical (unpaired) electrons. The minimum atomic E-state index is -2.89. The highest BCUT2D eigenvalue weighted by atomic mass is 35.5. The standard InChI is InChI=1S/C16H22F2N2O2.ClH/c1-10(13-7-2-3-8-14(13)22-16(17)18)20-15(21)11-5-4-6-12(19)9-11;/h2-3,7-8,10-12,16H,4-6,9,19H2,1H3,(H,20,21);1H. The first kappa shape index (κ1) is 19.6. The number of carbonyl (C=O) groups is 1. The smallest absolute Gasteiger partial charge is 0.387 e. The predicted molar refractivity (Wildman–Crippen MR) is 86.8 cm³/mol. The number of benzene rings is 1. The Morgan fingerprint density at radius 3 is 2.70 bits per heavy atom. The molecular weight excluding hydrogens is 326 g/mol. The summed E-state index contributed by atoms with van der Waals surface area (Å²) in [6, 6.07) is 6.16. The van der Waals surface area contributed by atoms with E-state index in [0.717, 1.165) is 19.3 Å². The number of amides is 1. The van der Waals surface area contributed by atoms with Crippen LogP contribution in [0.2, 0.25) is 0 Å². The zero-order chi connectivity index (χ0) is 16.1. The summed E-state index contributed by atoms with van der Waals surface area (Å²) in [6.07, 6.45) is 3.39. The van der Waals surface area contributed by atoms with Crippen LogP contribution in [0.5, 0.6) is 5.75 Å². The Morgan fingerprint density at radius 2 is 2.04 bits per heavy atom. The van der Waals surface area contributed by atoms with Crippen LogP contribution in [-0.4, -0.2) is 18.6 Å². The van der Waals surface area contributed by atoms with E-state index in [0.29, 0.717) is 12.0 Å². The van der Waals surface area contributed by atoms with E-state index < -0.39 is 12.7 Å². The predicted octanol–water partition coefficient (Wildman–Crippen LogP) is 3.40. The molecule has 0 bridgehead atoms. The normalized spacial score (nSPS) is 22.1. The van der Waals surface area contributed by atoms with Crippen molar-refractivity contribution in [3.63, 3.8) is 0 Å². The second-order valence-corrected chi connectivity index (χ2v) is 5.77. The summed E-state index contributed by atoms with van der Waals surface area (Å²) in [4.78, 5) is 12.3. The topological polar surface area (TPSA) is 64.4 Å². The van der Waals surface area contributed by atoms with Gasteiger partial charge in [0, 0.05) is 17.5 Å². The third-order valence-corrected chi connectivity index (χ3v) is 4.05. The molecule has 3 N–H and O–H groups in total. The summed E-state index contributed by atoms with van der Waals surface area (Å²) >= 11 is 0. The van der Waals surface area contributed by atoms with Gasteiger partial charge < -0.3 is 15.8 Å². The van der Waals surface area contributed by atoms with Gasteiger partial charge in [0.25, 0.3) is 0 Å². The van der Waals surface area contributed by atoms with E-state index in [-0.39, 0.29) is 36.0 Å². The van der Waals surface area contributed by atoms with Crippen molar-refractivity contribution in [2.75, 3.05) is 0 Å². The maximum atomic E-state index is 12.4. The summed E-state index contributed by atoms with van der Waals surface area (Å²) < 4.78 is 29.4. The number of alkyl halides is 2. The van der Waals surface area contributed by atoms with Gasteiger partial charge in [-0.25, -0.2) is 0 Å². The van der Waals surface area contributed by atoms with Gasteiger partial charge in [-0.2, -0.15) is 8.78 Å². The summed E-state index contributed by atoms with van der Waals surface area (Å²) in [5.41, 5.74) is 6.44. The van der Waals surface area contributed by atoms with Crippen molar-refractivity contribution in [3.05, 3.63) is 29.8 Å². The molecule has 1 fully saturated rings. The number of carbonyl (C=O) groups excluding carboxylic acids is 1. The summed E-state index contributed by atoms with van der Waals surface area (Å²) in [7, 11) is 0. The van der Waals surface area contributed by atoms with Crippen LogP contribution in [0.1, 0.15) is 44.2 Å². The molecule has 0 spiro atoms. The van der Waals surface area contributed by atoms with Crippen LogP contribution in [0.15, 0.2) is 24.3 Å². The molecule has 0 aliphatic heterocycles.